The predicted molar refractivity (Wildman–Crippen MR) is 60.6 cm³/mol. The maximum atomic E-state index is 11.5. The fraction of sp³-hybridized carbons (Fsp3) is 0.385. The number of hydrogen-bond acceptors (Lipinski definition) is 4. The van der Waals surface area contributed by atoms with E-state index in [4.69, 9.17) is 9.47 Å². The molecule has 1 aliphatic heterocycles. The molecule has 0 aromatic heterocycles. The first-order valence-corrected chi connectivity index (χ1v) is 5.46. The minimum atomic E-state index is -0.517. The van der Waals surface area contributed by atoms with Gasteiger partial charge in [-0.25, -0.2) is 0 Å². The standard InChI is InChI=1S/C13H14O4/c1-8(14)10-7-12(15)17-13(10)9-5-3-4-6-11(9)16-2/h3-6,10,13H,7H2,1-2H3/t10-,13?/m1/s1. The lowest BCUT2D eigenvalue weighted by molar-refractivity contribution is -0.141. The molecule has 1 aromatic rings. The second kappa shape index (κ2) is 4.57. The molecule has 90 valence electrons. The van der Waals surface area contributed by atoms with Crippen molar-refractivity contribution in [2.24, 2.45) is 5.92 Å². The van der Waals surface area contributed by atoms with E-state index in [1.165, 1.54) is 6.92 Å². The highest BCUT2D eigenvalue weighted by atomic mass is 16.6. The van der Waals surface area contributed by atoms with E-state index in [1.807, 2.05) is 18.2 Å². The van der Waals surface area contributed by atoms with Gasteiger partial charge in [0.2, 0.25) is 0 Å². The van der Waals surface area contributed by atoms with Crippen LogP contribution in [0.1, 0.15) is 25.0 Å². The summed E-state index contributed by atoms with van der Waals surface area (Å²) in [6, 6.07) is 7.28. The largest absolute Gasteiger partial charge is 0.496 e. The van der Waals surface area contributed by atoms with Crippen LogP contribution in [0, 0.1) is 5.92 Å². The molecule has 1 aromatic carbocycles. The fourth-order valence-electron chi connectivity index (χ4n) is 2.10. The average molecular weight is 234 g/mol. The third-order valence-electron chi connectivity index (χ3n) is 2.98. The van der Waals surface area contributed by atoms with Crippen molar-refractivity contribution in [1.82, 2.24) is 0 Å². The number of cyclic esters (lactones) is 1. The van der Waals surface area contributed by atoms with Gasteiger partial charge in [0.25, 0.3) is 0 Å². The molecule has 1 fully saturated rings. The van der Waals surface area contributed by atoms with E-state index < -0.39 is 12.0 Å². The molecule has 0 N–H and O–H groups in total. The van der Waals surface area contributed by atoms with E-state index in [9.17, 15) is 9.59 Å². The highest BCUT2D eigenvalue weighted by molar-refractivity contribution is 5.87. The minimum Gasteiger partial charge on any atom is -0.496 e. The summed E-state index contributed by atoms with van der Waals surface area (Å²) in [6.07, 6.45) is -0.367. The van der Waals surface area contributed by atoms with Gasteiger partial charge in [-0.2, -0.15) is 0 Å². The Morgan fingerprint density at radius 1 is 1.41 bits per heavy atom. The van der Waals surface area contributed by atoms with E-state index in [-0.39, 0.29) is 18.2 Å². The lowest BCUT2D eigenvalue weighted by Crippen LogP contribution is -2.16. The van der Waals surface area contributed by atoms with Crippen LogP contribution in [0.4, 0.5) is 0 Å². The van der Waals surface area contributed by atoms with Crippen LogP contribution in [-0.4, -0.2) is 18.9 Å². The van der Waals surface area contributed by atoms with Gasteiger partial charge < -0.3 is 9.47 Å². The van der Waals surface area contributed by atoms with Gasteiger partial charge >= 0.3 is 5.97 Å². The van der Waals surface area contributed by atoms with Crippen molar-refractivity contribution in [2.45, 2.75) is 19.4 Å². The number of para-hydroxylation sites is 1. The topological polar surface area (TPSA) is 52.6 Å². The molecule has 0 aliphatic carbocycles. The van der Waals surface area contributed by atoms with Crippen LogP contribution in [0.25, 0.3) is 0 Å². The van der Waals surface area contributed by atoms with Crippen molar-refractivity contribution in [1.29, 1.82) is 0 Å². The summed E-state index contributed by atoms with van der Waals surface area (Å²) >= 11 is 0. The van der Waals surface area contributed by atoms with Gasteiger partial charge in [-0.1, -0.05) is 18.2 Å². The molecule has 0 bridgehead atoms. The van der Waals surface area contributed by atoms with Crippen LogP contribution in [0.3, 0.4) is 0 Å². The second-order valence-corrected chi connectivity index (χ2v) is 4.07. The molecule has 4 nitrogen and oxygen atoms in total. The fourth-order valence-corrected chi connectivity index (χ4v) is 2.10. The Hall–Kier alpha value is -1.84. The summed E-state index contributed by atoms with van der Waals surface area (Å²) in [5, 5.41) is 0. The SMILES string of the molecule is COc1ccccc1C1OC(=O)C[C@@H]1C(C)=O. The van der Waals surface area contributed by atoms with Crippen molar-refractivity contribution in [2.75, 3.05) is 7.11 Å². The zero-order valence-electron chi connectivity index (χ0n) is 9.80. The van der Waals surface area contributed by atoms with Crippen molar-refractivity contribution < 1.29 is 19.1 Å². The minimum absolute atomic E-state index is 0.0354. The van der Waals surface area contributed by atoms with Crippen LogP contribution in [0.15, 0.2) is 24.3 Å². The maximum Gasteiger partial charge on any atom is 0.307 e. The van der Waals surface area contributed by atoms with Gasteiger partial charge in [-0.15, -0.1) is 0 Å². The molecular weight excluding hydrogens is 220 g/mol. The first-order valence-electron chi connectivity index (χ1n) is 5.46. The summed E-state index contributed by atoms with van der Waals surface area (Å²) in [7, 11) is 1.55. The third-order valence-corrected chi connectivity index (χ3v) is 2.98. The molecule has 4 heteroatoms. The van der Waals surface area contributed by atoms with Gasteiger partial charge in [-0.05, 0) is 13.0 Å². The van der Waals surface area contributed by atoms with Crippen molar-refractivity contribution in [3.63, 3.8) is 0 Å². The molecule has 1 unspecified atom stereocenters. The average Bonchev–Trinajstić information content (AvgIpc) is 2.71. The van der Waals surface area contributed by atoms with E-state index in [0.29, 0.717) is 5.75 Å². The third kappa shape index (κ3) is 2.16. The smallest absolute Gasteiger partial charge is 0.307 e. The Bertz CT molecular complexity index is 452. The molecule has 2 atom stereocenters. The van der Waals surface area contributed by atoms with Crippen LogP contribution in [0.5, 0.6) is 5.75 Å². The lowest BCUT2D eigenvalue weighted by Gasteiger charge is -2.18. The number of carbonyl (C=O) groups excluding carboxylic acids is 2. The van der Waals surface area contributed by atoms with Gasteiger partial charge in [0.15, 0.2) is 0 Å². The number of ketones is 1. The van der Waals surface area contributed by atoms with Gasteiger partial charge in [-0.3, -0.25) is 9.59 Å². The number of ether oxygens (including phenoxy) is 2. The van der Waals surface area contributed by atoms with Crippen LogP contribution >= 0.6 is 0 Å². The monoisotopic (exact) mass is 234 g/mol. The Kier molecular flexibility index (Phi) is 3.13. The number of benzene rings is 1. The van der Waals surface area contributed by atoms with Crippen LogP contribution < -0.4 is 4.74 Å². The summed E-state index contributed by atoms with van der Waals surface area (Å²) in [5.41, 5.74) is 0.751. The Balaban J connectivity index is 2.38. The zero-order valence-corrected chi connectivity index (χ0v) is 9.80. The molecule has 1 saturated heterocycles. The van der Waals surface area contributed by atoms with Crippen molar-refractivity contribution in [3.05, 3.63) is 29.8 Å². The predicted octanol–water partition coefficient (Wildman–Crippen LogP) is 1.89. The summed E-state index contributed by atoms with van der Waals surface area (Å²) in [4.78, 5) is 22.8. The highest BCUT2D eigenvalue weighted by Gasteiger charge is 2.40. The number of hydrogen-bond donors (Lipinski definition) is 0. The Labute approximate surface area is 99.5 Å². The normalized spacial score (nSPS) is 23.3. The molecule has 0 saturated carbocycles. The molecule has 0 radical (unpaired) electrons. The van der Waals surface area contributed by atoms with Gasteiger partial charge in [0.1, 0.15) is 17.6 Å². The maximum absolute atomic E-state index is 11.5. The number of carbonyl (C=O) groups is 2. The quantitative estimate of drug-likeness (QED) is 0.749. The Morgan fingerprint density at radius 2 is 2.12 bits per heavy atom. The molecule has 1 heterocycles. The number of rotatable bonds is 3. The van der Waals surface area contributed by atoms with E-state index in [0.717, 1.165) is 5.56 Å². The Morgan fingerprint density at radius 3 is 2.76 bits per heavy atom. The summed E-state index contributed by atoms with van der Waals surface area (Å²) in [5.74, 6) is -0.134. The first kappa shape index (κ1) is 11.6. The highest BCUT2D eigenvalue weighted by Crippen LogP contribution is 2.39. The zero-order chi connectivity index (χ0) is 12.4. The number of methoxy groups -OCH3 is 1. The molecule has 1 aliphatic rings. The van der Waals surface area contributed by atoms with Crippen LogP contribution in [-0.2, 0) is 14.3 Å². The molecule has 0 amide bonds. The molecule has 0 spiro atoms. The van der Waals surface area contributed by atoms with Gasteiger partial charge in [0, 0.05) is 5.56 Å². The van der Waals surface area contributed by atoms with E-state index in [2.05, 4.69) is 0 Å². The molecule has 2 rings (SSSR count). The van der Waals surface area contributed by atoms with Crippen LogP contribution in [0.2, 0.25) is 0 Å². The lowest BCUT2D eigenvalue weighted by atomic mass is 9.91. The summed E-state index contributed by atoms with van der Waals surface area (Å²) in [6.45, 7) is 1.48. The first-order chi connectivity index (χ1) is 8.13. The number of esters is 1. The van der Waals surface area contributed by atoms with Gasteiger partial charge in [0.05, 0.1) is 19.4 Å². The van der Waals surface area contributed by atoms with Crippen molar-refractivity contribution >= 4 is 11.8 Å². The van der Waals surface area contributed by atoms with E-state index in [1.54, 1.807) is 13.2 Å². The second-order valence-electron chi connectivity index (χ2n) is 4.07. The summed E-state index contributed by atoms with van der Waals surface area (Å²) < 4.78 is 10.4. The number of Topliss-reactive ketones (excluding diaryl/α,β-unsaturated/α-hetero) is 1. The molecule has 17 heavy (non-hydrogen) atoms. The molecular formula is C13H14O4. The van der Waals surface area contributed by atoms with E-state index >= 15 is 0 Å². The van der Waals surface area contributed by atoms with Crippen molar-refractivity contribution in [3.8, 4) is 5.75 Å².